The number of hydrogen-bond donors (Lipinski definition) is 1. The molecule has 67 heavy (non-hydrogen) atoms. The summed E-state index contributed by atoms with van der Waals surface area (Å²) in [5, 5.41) is 2.13. The van der Waals surface area contributed by atoms with Crippen molar-refractivity contribution in [2.45, 2.75) is 132 Å². The van der Waals surface area contributed by atoms with Gasteiger partial charge in [0, 0.05) is 18.1 Å². The van der Waals surface area contributed by atoms with Crippen molar-refractivity contribution >= 4 is 26.1 Å². The van der Waals surface area contributed by atoms with Gasteiger partial charge in [-0.3, -0.25) is 5.32 Å². The van der Waals surface area contributed by atoms with Crippen molar-refractivity contribution < 1.29 is 112 Å². The zero-order chi connectivity index (χ0) is 52.0. The molecule has 382 valence electrons. The highest BCUT2D eigenvalue weighted by molar-refractivity contribution is 6.76. The van der Waals surface area contributed by atoms with Crippen molar-refractivity contribution in [2.75, 3.05) is 25.1 Å². The van der Waals surface area contributed by atoms with Gasteiger partial charge in [-0.2, -0.15) is 74.6 Å². The quantitative estimate of drug-likeness (QED) is 0.0371. The van der Waals surface area contributed by atoms with Gasteiger partial charge in [-0.25, -0.2) is 18.4 Å². The van der Waals surface area contributed by atoms with E-state index in [1.165, 1.54) is 65.0 Å². The number of carbonyl (C=O) groups is 2. The monoisotopic (exact) mass is 1020 g/mol. The Bertz CT molecular complexity index is 2000. The van der Waals surface area contributed by atoms with Crippen LogP contribution in [0.2, 0.25) is 17.1 Å². The molecule has 0 radical (unpaired) electrons. The summed E-state index contributed by atoms with van der Waals surface area (Å²) in [5.41, 5.74) is -1.75. The van der Waals surface area contributed by atoms with Crippen molar-refractivity contribution in [3.8, 4) is 5.75 Å². The van der Waals surface area contributed by atoms with E-state index >= 15 is 0 Å². The number of benzene rings is 2. The van der Waals surface area contributed by atoms with Gasteiger partial charge < -0.3 is 18.6 Å². The normalized spacial score (nSPS) is 14.6. The third kappa shape index (κ3) is 12.2. The number of hydrogen-bond acceptors (Lipinski definition) is 6. The Kier molecular flexibility index (Phi) is 18.8. The van der Waals surface area contributed by atoms with Gasteiger partial charge in [-0.05, 0) is 73.6 Å². The van der Waals surface area contributed by atoms with Crippen LogP contribution < -0.4 is 10.1 Å². The van der Waals surface area contributed by atoms with Gasteiger partial charge in [0.05, 0.1) is 18.9 Å². The Balaban J connectivity index is 2.29. The van der Waals surface area contributed by atoms with Gasteiger partial charge in [-0.1, -0.05) is 45.9 Å². The molecule has 0 aliphatic heterocycles. The van der Waals surface area contributed by atoms with Crippen LogP contribution in [-0.2, 0) is 18.7 Å². The highest BCUT2D eigenvalue weighted by atomic mass is 28.4. The first-order valence-corrected chi connectivity index (χ1v) is 21.9. The molecule has 0 heterocycles. The zero-order valence-corrected chi connectivity index (χ0v) is 36.9. The smallest absolute Gasteiger partial charge is 0.460 e. The van der Waals surface area contributed by atoms with E-state index in [0.717, 1.165) is 12.1 Å². The second kappa shape index (κ2) is 21.5. The molecule has 27 heteroatoms. The minimum absolute atomic E-state index is 0.0234. The molecule has 2 aromatic carbocycles. The van der Waals surface area contributed by atoms with Crippen LogP contribution in [0.5, 0.6) is 5.75 Å². The van der Waals surface area contributed by atoms with Crippen LogP contribution in [0.15, 0.2) is 54.1 Å². The third-order valence-corrected chi connectivity index (χ3v) is 16.1. The van der Waals surface area contributed by atoms with E-state index in [-0.39, 0.29) is 30.8 Å². The van der Waals surface area contributed by atoms with Crippen molar-refractivity contribution in [1.29, 1.82) is 0 Å². The number of carbonyl (C=O) groups excluding carboxylic acids is 2. The van der Waals surface area contributed by atoms with Crippen molar-refractivity contribution in [2.24, 2.45) is 0 Å². The topological polar surface area (TPSA) is 83.1 Å². The molecule has 2 aromatic rings. The number of amides is 1. The first kappa shape index (κ1) is 58.7. The Labute approximate surface area is 371 Å². The van der Waals surface area contributed by atoms with Crippen LogP contribution in [0.4, 0.5) is 93.9 Å². The lowest BCUT2D eigenvalue weighted by Gasteiger charge is -2.44. The van der Waals surface area contributed by atoms with E-state index in [1.54, 1.807) is 6.92 Å². The van der Waals surface area contributed by atoms with Gasteiger partial charge in [-0.15, -0.1) is 0 Å². The summed E-state index contributed by atoms with van der Waals surface area (Å²) >= 11 is 0. The first-order valence-electron chi connectivity index (χ1n) is 19.7. The Morgan fingerprint density at radius 3 is 1.69 bits per heavy atom. The van der Waals surface area contributed by atoms with Crippen LogP contribution in [0.3, 0.4) is 0 Å². The molecule has 1 atom stereocenters. The van der Waals surface area contributed by atoms with Crippen LogP contribution in [-0.4, -0.2) is 87.8 Å². The summed E-state index contributed by atoms with van der Waals surface area (Å²) in [4.78, 5) is 24.7. The Hall–Kier alpha value is -4.43. The molecule has 0 aliphatic carbocycles. The lowest BCUT2D eigenvalue weighted by atomic mass is 9.88. The van der Waals surface area contributed by atoms with Gasteiger partial charge in [0.1, 0.15) is 30.1 Å². The first-order chi connectivity index (χ1) is 30.3. The molecule has 0 saturated heterocycles. The van der Waals surface area contributed by atoms with Crippen molar-refractivity contribution in [3.63, 3.8) is 0 Å². The molecule has 1 amide bonds. The number of rotatable bonds is 24. The number of allylic oxidation sites excluding steroid dienone is 1. The molecular formula is C40H44F19NO6Si. The number of halogens is 19. The fraction of sp³-hybridized carbons (Fsp3) is 0.600. The maximum absolute atomic E-state index is 15.0. The molecular weight excluding hydrogens is 979 g/mol. The van der Waals surface area contributed by atoms with E-state index < -0.39 is 128 Å². The molecule has 0 aromatic heterocycles. The van der Waals surface area contributed by atoms with Gasteiger partial charge in [0.15, 0.2) is 8.32 Å². The zero-order valence-electron chi connectivity index (χ0n) is 35.9. The molecule has 7 nitrogen and oxygen atoms in total. The average Bonchev–Trinajstić information content (AvgIpc) is 3.20. The molecule has 1 N–H and O–H groups in total. The average molecular weight is 1020 g/mol. The van der Waals surface area contributed by atoms with Gasteiger partial charge in [0.25, 0.3) is 0 Å². The molecule has 0 fully saturated rings. The van der Waals surface area contributed by atoms with Gasteiger partial charge in [0.2, 0.25) is 0 Å². The van der Waals surface area contributed by atoms with Gasteiger partial charge >= 0.3 is 59.7 Å². The molecule has 0 bridgehead atoms. The summed E-state index contributed by atoms with van der Waals surface area (Å²) < 4.78 is 285. The minimum Gasteiger partial charge on any atom is -0.491 e. The minimum atomic E-state index is -8.72. The number of nitrogens with one attached hydrogen (secondary N) is 1. The number of ether oxygens (including phenoxy) is 3. The summed E-state index contributed by atoms with van der Waals surface area (Å²) in [6.07, 6.45) is -11.1. The largest absolute Gasteiger partial charge is 0.491 e. The number of anilines is 1. The lowest BCUT2D eigenvalue weighted by molar-refractivity contribution is -0.461. The van der Waals surface area contributed by atoms with E-state index in [0.29, 0.717) is 11.6 Å². The van der Waals surface area contributed by atoms with E-state index in [1.807, 2.05) is 0 Å². The number of esters is 1. The lowest BCUT2D eigenvalue weighted by Crippen LogP contribution is -2.74. The SMILES string of the molecule is CCOC(=O)/C(C)=C/CC[C@@H](OC(=O)Nc1ccc(F)cc1F)c1ccc(OCCO[Si](CCC(F)(F)C(F)(F)C(F)(F)C(F)(F)C(F)(F)C(F)(F)C(F)(F)C(F)(F)F)(C(C)C)C(C)C)cc1. The highest BCUT2D eigenvalue weighted by Crippen LogP contribution is 2.64. The predicted molar refractivity (Wildman–Crippen MR) is 203 cm³/mol. The van der Waals surface area contributed by atoms with Crippen LogP contribution in [0.1, 0.15) is 72.5 Å². The fourth-order valence-corrected chi connectivity index (χ4v) is 10.9. The van der Waals surface area contributed by atoms with Crippen LogP contribution in [0, 0.1) is 11.6 Å². The van der Waals surface area contributed by atoms with Crippen LogP contribution in [0.25, 0.3) is 0 Å². The summed E-state index contributed by atoms with van der Waals surface area (Å²) in [5.74, 6) is -59.6. The maximum atomic E-state index is 15.0. The standard InChI is InChI=1S/C40H44F19NO6Si/c1-7-63-31(61)24(6)9-8-10-30(66-32(62)60-29-16-13-26(41)21-28(29)42)25-11-14-27(15-12-25)64-18-19-65-67(22(2)3,23(4)5)20-17-33(43,44)34(45,46)35(47,48)36(49,50)37(51,52)38(53,54)39(55,56)40(57,58)59/h9,11-16,21-23,30H,7-8,10,17-20H2,1-6H3,(H,60,62)/b24-9+/t30-/m1/s1. The Morgan fingerprint density at radius 2 is 1.21 bits per heavy atom. The fourth-order valence-electron chi connectivity index (χ4n) is 6.46. The summed E-state index contributed by atoms with van der Waals surface area (Å²) in [6.45, 7) is 7.25. The molecule has 0 spiro atoms. The second-order valence-corrected chi connectivity index (χ2v) is 20.5. The van der Waals surface area contributed by atoms with E-state index in [2.05, 4.69) is 5.32 Å². The Morgan fingerprint density at radius 1 is 0.701 bits per heavy atom. The second-order valence-electron chi connectivity index (χ2n) is 15.5. The summed E-state index contributed by atoms with van der Waals surface area (Å²) in [6, 6.07) is 6.35. The molecule has 0 aliphatic rings. The predicted octanol–water partition coefficient (Wildman–Crippen LogP) is 14.1. The summed E-state index contributed by atoms with van der Waals surface area (Å²) in [7, 11) is -4.05. The van der Waals surface area contributed by atoms with Crippen molar-refractivity contribution in [3.05, 3.63) is 71.3 Å². The highest BCUT2D eigenvalue weighted by Gasteiger charge is 2.95. The van der Waals surface area contributed by atoms with E-state index in [4.69, 9.17) is 18.6 Å². The van der Waals surface area contributed by atoms with E-state index in [9.17, 15) is 93.0 Å². The number of alkyl halides is 17. The van der Waals surface area contributed by atoms with Crippen LogP contribution >= 0.6 is 0 Å². The third-order valence-electron chi connectivity index (χ3n) is 10.4. The maximum Gasteiger partial charge on any atom is 0.460 e. The molecule has 0 unspecified atom stereocenters. The molecule has 2 rings (SSSR count). The molecule has 0 saturated carbocycles. The van der Waals surface area contributed by atoms with Crippen molar-refractivity contribution in [1.82, 2.24) is 0 Å².